The number of anilines is 1. The zero-order chi connectivity index (χ0) is 15.2. The Kier molecular flexibility index (Phi) is 6.60. The number of nitrogens with one attached hydrogen (secondary N) is 1. The minimum absolute atomic E-state index is 0.230. The molecule has 2 aromatic carbocycles. The van der Waals surface area contributed by atoms with Crippen LogP contribution in [0, 0.1) is 3.57 Å². The van der Waals surface area contributed by atoms with Gasteiger partial charge in [0.25, 0.3) is 0 Å². The van der Waals surface area contributed by atoms with Crippen LogP contribution < -0.4 is 10.1 Å². The first-order valence-electron chi connectivity index (χ1n) is 6.30. The van der Waals surface area contributed by atoms with Crippen molar-refractivity contribution in [2.75, 3.05) is 18.5 Å². The number of benzene rings is 2. The van der Waals surface area contributed by atoms with E-state index in [1.165, 1.54) is 0 Å². The van der Waals surface area contributed by atoms with E-state index in [2.05, 4.69) is 43.8 Å². The molecule has 6 heteroatoms. The predicted octanol–water partition coefficient (Wildman–Crippen LogP) is 4.56. The van der Waals surface area contributed by atoms with Crippen molar-refractivity contribution < 1.29 is 9.84 Å². The van der Waals surface area contributed by atoms with Gasteiger partial charge in [-0.3, -0.25) is 0 Å². The largest absolute Gasteiger partial charge is 0.491 e. The molecule has 2 aromatic rings. The Morgan fingerprint density at radius 1 is 1.29 bits per heavy atom. The molecule has 0 heterocycles. The lowest BCUT2D eigenvalue weighted by Crippen LogP contribution is -2.26. The maximum Gasteiger partial charge on any atom is 0.120 e. The van der Waals surface area contributed by atoms with Crippen molar-refractivity contribution >= 4 is 55.8 Å². The third-order valence-electron chi connectivity index (χ3n) is 2.70. The van der Waals surface area contributed by atoms with E-state index in [0.717, 1.165) is 19.5 Å². The van der Waals surface area contributed by atoms with Crippen molar-refractivity contribution in [3.8, 4) is 5.75 Å². The highest BCUT2D eigenvalue weighted by atomic mass is 127. The number of ether oxygens (including phenoxy) is 1. The van der Waals surface area contributed by atoms with Crippen LogP contribution in [0.5, 0.6) is 5.75 Å². The Labute approximate surface area is 150 Å². The fraction of sp³-hybridized carbons (Fsp3) is 0.200. The van der Waals surface area contributed by atoms with Gasteiger partial charge in [0.1, 0.15) is 18.5 Å². The number of aliphatic hydroxyl groups excluding tert-OH is 1. The number of aliphatic hydroxyl groups is 1. The van der Waals surface area contributed by atoms with E-state index in [-0.39, 0.29) is 6.61 Å². The van der Waals surface area contributed by atoms with Crippen molar-refractivity contribution in [1.29, 1.82) is 0 Å². The molecule has 0 amide bonds. The number of rotatable bonds is 6. The molecule has 0 aromatic heterocycles. The van der Waals surface area contributed by atoms with Gasteiger partial charge >= 0.3 is 0 Å². The van der Waals surface area contributed by atoms with Crippen LogP contribution in [0.15, 0.2) is 46.9 Å². The molecule has 0 saturated carbocycles. The first-order chi connectivity index (χ1) is 10.0. The average Bonchev–Trinajstić information content (AvgIpc) is 2.44. The number of halogens is 3. The summed E-state index contributed by atoms with van der Waals surface area (Å²) >= 11 is 11.5. The van der Waals surface area contributed by atoms with Gasteiger partial charge in [0.05, 0.1) is 0 Å². The molecule has 1 atom stereocenters. The van der Waals surface area contributed by atoms with E-state index in [1.54, 1.807) is 0 Å². The molecule has 0 aliphatic carbocycles. The monoisotopic (exact) mass is 481 g/mol. The standard InChI is InChI=1S/C15H14BrClINO2/c16-10-2-1-3-13(6-10)21-9-12(20)8-19-15-5-4-11(17)7-14(15)18/h1-7,12,19-20H,8-9H2. The summed E-state index contributed by atoms with van der Waals surface area (Å²) in [5.41, 5.74) is 0.946. The first-order valence-corrected chi connectivity index (χ1v) is 8.55. The van der Waals surface area contributed by atoms with Gasteiger partial charge in [0.15, 0.2) is 0 Å². The fourth-order valence-electron chi connectivity index (χ4n) is 1.67. The Hall–Kier alpha value is -0.500. The second-order valence-electron chi connectivity index (χ2n) is 4.43. The van der Waals surface area contributed by atoms with Gasteiger partial charge in [-0.25, -0.2) is 0 Å². The summed E-state index contributed by atoms with van der Waals surface area (Å²) < 4.78 is 7.51. The lowest BCUT2D eigenvalue weighted by Gasteiger charge is -2.15. The minimum Gasteiger partial charge on any atom is -0.491 e. The predicted molar refractivity (Wildman–Crippen MR) is 98.3 cm³/mol. The van der Waals surface area contributed by atoms with E-state index in [4.69, 9.17) is 16.3 Å². The summed E-state index contributed by atoms with van der Waals surface area (Å²) in [5.74, 6) is 0.726. The zero-order valence-corrected chi connectivity index (χ0v) is 15.5. The summed E-state index contributed by atoms with van der Waals surface area (Å²) in [5, 5.41) is 13.8. The summed E-state index contributed by atoms with van der Waals surface area (Å²) in [6.07, 6.45) is -0.601. The average molecular weight is 483 g/mol. The highest BCUT2D eigenvalue weighted by Crippen LogP contribution is 2.22. The topological polar surface area (TPSA) is 41.5 Å². The van der Waals surface area contributed by atoms with Crippen LogP contribution in [0.2, 0.25) is 5.02 Å². The van der Waals surface area contributed by atoms with Crippen LogP contribution in [-0.4, -0.2) is 24.4 Å². The number of hydrogen-bond donors (Lipinski definition) is 2. The molecular formula is C15H14BrClINO2. The zero-order valence-electron chi connectivity index (χ0n) is 11.0. The van der Waals surface area contributed by atoms with Crippen molar-refractivity contribution in [2.24, 2.45) is 0 Å². The smallest absolute Gasteiger partial charge is 0.120 e. The normalized spacial score (nSPS) is 12.0. The van der Waals surface area contributed by atoms with E-state index < -0.39 is 6.10 Å². The Morgan fingerprint density at radius 2 is 2.10 bits per heavy atom. The second-order valence-corrected chi connectivity index (χ2v) is 6.94. The van der Waals surface area contributed by atoms with Gasteiger partial charge in [-0.1, -0.05) is 33.6 Å². The molecule has 3 nitrogen and oxygen atoms in total. The molecule has 2 rings (SSSR count). The maximum absolute atomic E-state index is 9.96. The molecule has 0 aliphatic rings. The van der Waals surface area contributed by atoms with E-state index in [1.807, 2.05) is 42.5 Å². The Bertz CT molecular complexity index is 612. The van der Waals surface area contributed by atoms with Gasteiger partial charge in [0, 0.05) is 25.3 Å². The third-order valence-corrected chi connectivity index (χ3v) is 4.32. The van der Waals surface area contributed by atoms with Gasteiger partial charge < -0.3 is 15.2 Å². The van der Waals surface area contributed by atoms with E-state index in [0.29, 0.717) is 11.6 Å². The maximum atomic E-state index is 9.96. The van der Waals surface area contributed by atoms with E-state index >= 15 is 0 Å². The summed E-state index contributed by atoms with van der Waals surface area (Å²) in [7, 11) is 0. The van der Waals surface area contributed by atoms with Gasteiger partial charge in [-0.15, -0.1) is 0 Å². The Morgan fingerprint density at radius 3 is 2.81 bits per heavy atom. The third kappa shape index (κ3) is 5.65. The van der Waals surface area contributed by atoms with Crippen molar-refractivity contribution in [3.05, 3.63) is 55.5 Å². The molecule has 2 N–H and O–H groups in total. The summed E-state index contributed by atoms with van der Waals surface area (Å²) in [4.78, 5) is 0. The molecule has 0 fully saturated rings. The highest BCUT2D eigenvalue weighted by Gasteiger charge is 2.07. The second kappa shape index (κ2) is 8.22. The highest BCUT2D eigenvalue weighted by molar-refractivity contribution is 14.1. The Balaban J connectivity index is 1.80. The number of hydrogen-bond acceptors (Lipinski definition) is 3. The van der Waals surface area contributed by atoms with E-state index in [9.17, 15) is 5.11 Å². The van der Waals surface area contributed by atoms with Crippen LogP contribution in [-0.2, 0) is 0 Å². The van der Waals surface area contributed by atoms with Crippen LogP contribution in [0.3, 0.4) is 0 Å². The molecule has 21 heavy (non-hydrogen) atoms. The van der Waals surface area contributed by atoms with Crippen LogP contribution >= 0.6 is 50.1 Å². The summed E-state index contributed by atoms with van der Waals surface area (Å²) in [6, 6.07) is 13.1. The first kappa shape index (κ1) is 16.9. The molecule has 0 saturated heterocycles. The molecule has 112 valence electrons. The molecule has 0 bridgehead atoms. The molecule has 0 aliphatic heterocycles. The SMILES string of the molecule is OC(CNc1ccc(Cl)cc1I)COc1cccc(Br)c1. The van der Waals surface area contributed by atoms with Crippen molar-refractivity contribution in [2.45, 2.75) is 6.10 Å². The van der Waals surface area contributed by atoms with Gasteiger partial charge in [-0.2, -0.15) is 0 Å². The van der Waals surface area contributed by atoms with Crippen molar-refractivity contribution in [1.82, 2.24) is 0 Å². The molecule has 1 unspecified atom stereocenters. The lowest BCUT2D eigenvalue weighted by atomic mass is 10.3. The van der Waals surface area contributed by atoms with Crippen LogP contribution in [0.25, 0.3) is 0 Å². The molecule has 0 spiro atoms. The van der Waals surface area contributed by atoms with Crippen LogP contribution in [0.4, 0.5) is 5.69 Å². The van der Waals surface area contributed by atoms with Gasteiger partial charge in [-0.05, 0) is 59.0 Å². The molecular weight excluding hydrogens is 468 g/mol. The van der Waals surface area contributed by atoms with Gasteiger partial charge in [0.2, 0.25) is 0 Å². The lowest BCUT2D eigenvalue weighted by molar-refractivity contribution is 0.117. The van der Waals surface area contributed by atoms with Crippen molar-refractivity contribution in [3.63, 3.8) is 0 Å². The van der Waals surface area contributed by atoms with Crippen LogP contribution in [0.1, 0.15) is 0 Å². The summed E-state index contributed by atoms with van der Waals surface area (Å²) in [6.45, 7) is 0.638. The fourth-order valence-corrected chi connectivity index (χ4v) is 3.11. The minimum atomic E-state index is -0.601. The molecule has 0 radical (unpaired) electrons. The quantitative estimate of drug-likeness (QED) is 0.594.